The number of aromatic nitrogens is 2. The summed E-state index contributed by atoms with van der Waals surface area (Å²) >= 11 is 0. The molecule has 3 rings (SSSR count). The number of nitrogens with zero attached hydrogens (tertiary/aromatic N) is 2. The Bertz CT molecular complexity index is 1020. The Kier molecular flexibility index (Phi) is 5.86. The van der Waals surface area contributed by atoms with Gasteiger partial charge in [0.1, 0.15) is 5.82 Å². The van der Waals surface area contributed by atoms with Gasteiger partial charge in [0, 0.05) is 18.1 Å². The Morgan fingerprint density at radius 1 is 1.36 bits per heavy atom. The van der Waals surface area contributed by atoms with Crippen LogP contribution in [0.25, 0.3) is 5.65 Å². The smallest absolute Gasteiger partial charge is 0.278 e. The number of hydrogen-bond donors (Lipinski definition) is 3. The highest BCUT2D eigenvalue weighted by molar-refractivity contribution is 6.00. The van der Waals surface area contributed by atoms with Crippen molar-refractivity contribution >= 4 is 22.9 Å². The number of aliphatic hydroxyl groups is 1. The fourth-order valence-corrected chi connectivity index (χ4v) is 2.76. The standard InChI is InChI=1S/C19H20F2N4O3/c1-3-12-9-22-18-16(21)17(23-15-5-4-11(2)8-14(15)20)13(10-25(12)18)19(27)24-28-7-6-26/h4-5,8-10,23,26H,3,6-7H2,1-2H3,(H,24,27). The summed E-state index contributed by atoms with van der Waals surface area (Å²) in [6.07, 6.45) is 3.50. The minimum atomic E-state index is -0.797. The number of amides is 1. The maximum Gasteiger partial charge on any atom is 0.278 e. The van der Waals surface area contributed by atoms with Crippen molar-refractivity contribution in [2.75, 3.05) is 18.5 Å². The van der Waals surface area contributed by atoms with E-state index in [2.05, 4.69) is 15.8 Å². The molecule has 3 N–H and O–H groups in total. The van der Waals surface area contributed by atoms with Crippen LogP contribution in [0.3, 0.4) is 0 Å². The molecule has 1 aromatic carbocycles. The van der Waals surface area contributed by atoms with E-state index < -0.39 is 17.5 Å². The number of benzene rings is 1. The summed E-state index contributed by atoms with van der Waals surface area (Å²) in [5.74, 6) is -2.13. The topological polar surface area (TPSA) is 87.9 Å². The van der Waals surface area contributed by atoms with Crippen LogP contribution in [0.5, 0.6) is 0 Å². The van der Waals surface area contributed by atoms with Crippen molar-refractivity contribution in [1.82, 2.24) is 14.9 Å². The van der Waals surface area contributed by atoms with Gasteiger partial charge in [-0.15, -0.1) is 0 Å². The first-order valence-electron chi connectivity index (χ1n) is 8.70. The monoisotopic (exact) mass is 390 g/mol. The number of rotatable bonds is 7. The second-order valence-corrected chi connectivity index (χ2v) is 6.14. The molecule has 0 aliphatic heterocycles. The zero-order valence-electron chi connectivity index (χ0n) is 15.4. The van der Waals surface area contributed by atoms with E-state index in [1.807, 2.05) is 6.92 Å². The Balaban J connectivity index is 2.11. The third-order valence-electron chi connectivity index (χ3n) is 4.17. The highest BCUT2D eigenvalue weighted by Crippen LogP contribution is 2.29. The van der Waals surface area contributed by atoms with Crippen molar-refractivity contribution in [1.29, 1.82) is 0 Å². The second kappa shape index (κ2) is 8.32. The lowest BCUT2D eigenvalue weighted by Gasteiger charge is -2.15. The first-order valence-corrected chi connectivity index (χ1v) is 8.70. The highest BCUT2D eigenvalue weighted by Gasteiger charge is 2.22. The first-order chi connectivity index (χ1) is 13.5. The number of aliphatic hydroxyl groups excluding tert-OH is 1. The maximum absolute atomic E-state index is 15.2. The predicted octanol–water partition coefficient (Wildman–Crippen LogP) is 2.88. The van der Waals surface area contributed by atoms with Gasteiger partial charge >= 0.3 is 0 Å². The number of halogens is 2. The third-order valence-corrected chi connectivity index (χ3v) is 4.17. The van der Waals surface area contributed by atoms with Gasteiger partial charge in [0.15, 0.2) is 11.5 Å². The molecule has 9 heteroatoms. The minimum absolute atomic E-state index is 0.0136. The number of nitrogens with one attached hydrogen (secondary N) is 2. The molecule has 0 radical (unpaired) electrons. The third kappa shape index (κ3) is 3.80. The molecular formula is C19H20F2N4O3. The summed E-state index contributed by atoms with van der Waals surface area (Å²) in [5, 5.41) is 11.4. The number of fused-ring (bicyclic) bond motifs is 1. The lowest BCUT2D eigenvalue weighted by Crippen LogP contribution is -2.26. The molecule has 0 bridgehead atoms. The van der Waals surface area contributed by atoms with Gasteiger partial charge in [0.25, 0.3) is 5.91 Å². The van der Waals surface area contributed by atoms with Crippen LogP contribution < -0.4 is 10.8 Å². The average Bonchev–Trinajstić information content (AvgIpc) is 3.09. The molecule has 0 aliphatic carbocycles. The van der Waals surface area contributed by atoms with E-state index in [1.165, 1.54) is 28.9 Å². The number of hydrogen-bond acceptors (Lipinski definition) is 5. The summed E-state index contributed by atoms with van der Waals surface area (Å²) in [7, 11) is 0. The number of carbonyl (C=O) groups excluding carboxylic acids is 1. The van der Waals surface area contributed by atoms with Gasteiger partial charge in [0.2, 0.25) is 0 Å². The van der Waals surface area contributed by atoms with Crippen LogP contribution in [0.2, 0.25) is 0 Å². The van der Waals surface area contributed by atoms with Gasteiger partial charge in [0.05, 0.1) is 30.2 Å². The number of anilines is 2. The zero-order chi connectivity index (χ0) is 20.3. The number of aryl methyl sites for hydroxylation is 2. The van der Waals surface area contributed by atoms with Gasteiger partial charge in [-0.3, -0.25) is 9.63 Å². The molecule has 0 saturated carbocycles. The predicted molar refractivity (Wildman–Crippen MR) is 99.5 cm³/mol. The Morgan fingerprint density at radius 3 is 2.82 bits per heavy atom. The molecule has 2 aromatic heterocycles. The Labute approximate surface area is 159 Å². The van der Waals surface area contributed by atoms with Crippen molar-refractivity contribution in [3.8, 4) is 0 Å². The molecule has 2 heterocycles. The molecule has 3 aromatic rings. The average molecular weight is 390 g/mol. The molecule has 0 aliphatic rings. The van der Waals surface area contributed by atoms with E-state index in [1.54, 1.807) is 13.0 Å². The molecule has 7 nitrogen and oxygen atoms in total. The summed E-state index contributed by atoms with van der Waals surface area (Å²) < 4.78 is 30.9. The lowest BCUT2D eigenvalue weighted by atomic mass is 10.1. The van der Waals surface area contributed by atoms with Crippen LogP contribution in [0.15, 0.2) is 30.6 Å². The van der Waals surface area contributed by atoms with Gasteiger partial charge in [-0.25, -0.2) is 19.2 Å². The SMILES string of the molecule is CCc1cnc2c(F)c(Nc3ccc(C)cc3F)c(C(=O)NOCCO)cn12. The lowest BCUT2D eigenvalue weighted by molar-refractivity contribution is 0.0168. The van der Waals surface area contributed by atoms with Crippen LogP contribution in [-0.2, 0) is 11.3 Å². The van der Waals surface area contributed by atoms with Gasteiger partial charge in [-0.2, -0.15) is 0 Å². The van der Waals surface area contributed by atoms with Crippen LogP contribution in [0.1, 0.15) is 28.5 Å². The Hall–Kier alpha value is -3.04. The van der Waals surface area contributed by atoms with Crippen LogP contribution in [0, 0.1) is 18.6 Å². The second-order valence-electron chi connectivity index (χ2n) is 6.14. The normalized spacial score (nSPS) is 11.0. The number of carbonyl (C=O) groups is 1. The zero-order valence-corrected chi connectivity index (χ0v) is 15.4. The maximum atomic E-state index is 15.2. The quantitative estimate of drug-likeness (QED) is 0.427. The fourth-order valence-electron chi connectivity index (χ4n) is 2.76. The molecule has 0 fully saturated rings. The summed E-state index contributed by atoms with van der Waals surface area (Å²) in [6.45, 7) is 3.18. The molecule has 0 saturated heterocycles. The van der Waals surface area contributed by atoms with Crippen molar-refractivity contribution < 1.29 is 23.5 Å². The number of hydroxylamine groups is 1. The number of imidazole rings is 1. The molecule has 0 atom stereocenters. The van der Waals surface area contributed by atoms with E-state index in [4.69, 9.17) is 9.94 Å². The summed E-state index contributed by atoms with van der Waals surface area (Å²) in [5.41, 5.74) is 3.24. The van der Waals surface area contributed by atoms with Crippen LogP contribution >= 0.6 is 0 Å². The molecule has 0 spiro atoms. The van der Waals surface area contributed by atoms with Gasteiger partial charge in [-0.05, 0) is 31.0 Å². The van der Waals surface area contributed by atoms with Gasteiger partial charge < -0.3 is 14.8 Å². The largest absolute Gasteiger partial charge is 0.394 e. The van der Waals surface area contributed by atoms with Crippen LogP contribution in [0.4, 0.5) is 20.2 Å². The van der Waals surface area contributed by atoms with Crippen molar-refractivity contribution in [2.24, 2.45) is 0 Å². The molecular weight excluding hydrogens is 370 g/mol. The fraction of sp³-hybridized carbons (Fsp3) is 0.263. The van der Waals surface area contributed by atoms with E-state index >= 15 is 4.39 Å². The highest BCUT2D eigenvalue weighted by atomic mass is 19.1. The van der Waals surface area contributed by atoms with Crippen LogP contribution in [-0.4, -0.2) is 33.6 Å². The van der Waals surface area contributed by atoms with E-state index in [9.17, 15) is 9.18 Å². The molecule has 28 heavy (non-hydrogen) atoms. The van der Waals surface area contributed by atoms with Crippen molar-refractivity contribution in [2.45, 2.75) is 20.3 Å². The summed E-state index contributed by atoms with van der Waals surface area (Å²) in [6, 6.07) is 4.42. The van der Waals surface area contributed by atoms with E-state index in [0.29, 0.717) is 17.7 Å². The van der Waals surface area contributed by atoms with Crippen molar-refractivity contribution in [3.05, 3.63) is 59.0 Å². The molecule has 148 valence electrons. The molecule has 0 unspecified atom stereocenters. The minimum Gasteiger partial charge on any atom is -0.394 e. The number of pyridine rings is 1. The Morgan fingerprint density at radius 2 is 2.14 bits per heavy atom. The van der Waals surface area contributed by atoms with E-state index in [-0.39, 0.29) is 35.8 Å². The van der Waals surface area contributed by atoms with E-state index in [0.717, 1.165) is 0 Å². The summed E-state index contributed by atoms with van der Waals surface area (Å²) in [4.78, 5) is 21.4. The molecule has 1 amide bonds. The van der Waals surface area contributed by atoms with Gasteiger partial charge in [-0.1, -0.05) is 13.0 Å². The van der Waals surface area contributed by atoms with Crippen molar-refractivity contribution in [3.63, 3.8) is 0 Å². The first kappa shape index (κ1) is 19.7.